The zero-order chi connectivity index (χ0) is 59.8. The van der Waals surface area contributed by atoms with Crippen LogP contribution in [0.15, 0.2) is 36.4 Å². The van der Waals surface area contributed by atoms with Gasteiger partial charge in [-0.1, -0.05) is 33.1 Å². The number of hydrogen-bond acceptors (Lipinski definition) is 16. The molecule has 0 saturated carbocycles. The summed E-state index contributed by atoms with van der Waals surface area (Å²) < 4.78 is 56.6. The van der Waals surface area contributed by atoms with Gasteiger partial charge in [0.25, 0.3) is 11.8 Å². The second-order valence-corrected chi connectivity index (χ2v) is 24.6. The van der Waals surface area contributed by atoms with Crippen molar-refractivity contribution in [1.29, 1.82) is 0 Å². The van der Waals surface area contributed by atoms with Crippen LogP contribution in [0.25, 0.3) is 0 Å². The summed E-state index contributed by atoms with van der Waals surface area (Å²) >= 11 is 3.70. The number of fused-ring (bicyclic) bond motifs is 2. The quantitative estimate of drug-likeness (QED) is 0.0184. The molecule has 0 aliphatic carbocycles. The molecule has 26 nitrogen and oxygen atoms in total. The molecule has 9 amide bonds. The Balaban J connectivity index is 0.000000280. The monoisotopic (exact) mass is 1250 g/mol. The number of carbonyl (C=O) groups is 8. The Hall–Kier alpha value is -5.58. The first-order chi connectivity index (χ1) is 39.0. The van der Waals surface area contributed by atoms with Gasteiger partial charge in [-0.15, -0.1) is 5.06 Å². The van der Waals surface area contributed by atoms with E-state index in [1.165, 1.54) is 36.4 Å². The van der Waals surface area contributed by atoms with Crippen LogP contribution in [0, 0.1) is 0 Å². The van der Waals surface area contributed by atoms with Gasteiger partial charge < -0.3 is 56.8 Å². The summed E-state index contributed by atoms with van der Waals surface area (Å²) in [5.41, 5.74) is 5.87. The second kappa shape index (κ2) is 35.0. The van der Waals surface area contributed by atoms with Gasteiger partial charge in [-0.05, 0) is 94.3 Å². The maximum absolute atomic E-state index is 13.2. The summed E-state index contributed by atoms with van der Waals surface area (Å²) in [6, 6.07) is 8.31. The van der Waals surface area contributed by atoms with E-state index in [0.717, 1.165) is 69.3 Å². The third kappa shape index (κ3) is 24.9. The van der Waals surface area contributed by atoms with Crippen molar-refractivity contribution < 1.29 is 89.7 Å². The van der Waals surface area contributed by atoms with E-state index >= 15 is 0 Å². The van der Waals surface area contributed by atoms with Crippen LogP contribution < -0.4 is 52.0 Å². The van der Waals surface area contributed by atoms with E-state index in [9.17, 15) is 56.3 Å². The smallest absolute Gasteiger partial charge is 0.404 e. The highest BCUT2D eigenvalue weighted by Crippen LogP contribution is 2.41. The molecule has 0 aromatic heterocycles. The van der Waals surface area contributed by atoms with Gasteiger partial charge in [0.15, 0.2) is 0 Å². The third-order valence-electron chi connectivity index (χ3n) is 13.3. The molecule has 6 unspecified atom stereocenters. The molecule has 0 bridgehead atoms. The third-order valence-corrected chi connectivity index (χ3v) is 17.1. The molecule has 5 aliphatic heterocycles. The minimum absolute atomic E-state index is 0. The van der Waals surface area contributed by atoms with E-state index in [4.69, 9.17) is 30.1 Å². The highest BCUT2D eigenvalue weighted by atomic mass is 32.2. The minimum Gasteiger partial charge on any atom is -0.404 e. The number of anilines is 2. The highest BCUT2D eigenvalue weighted by Gasteiger charge is 2.44. The number of phosphoric acid groups is 2. The molecule has 5 saturated heterocycles. The normalized spacial score (nSPS) is 20.3. The number of phosphoric ester groups is 2. The number of urea groups is 2. The van der Waals surface area contributed by atoms with Gasteiger partial charge in [0.05, 0.1) is 24.2 Å². The predicted molar refractivity (Wildman–Crippen MR) is 306 cm³/mol. The van der Waals surface area contributed by atoms with Crippen LogP contribution in [0.5, 0.6) is 11.5 Å². The lowest BCUT2D eigenvalue weighted by molar-refractivity contribution is -0.197. The molecule has 83 heavy (non-hydrogen) atoms. The molecule has 6 atom stereocenters. The van der Waals surface area contributed by atoms with Crippen molar-refractivity contribution in [2.24, 2.45) is 5.73 Å². The molecular formula is C51H77F2N9O17P2S2. The number of unbranched alkanes of at least 4 members (excludes halogenated alkanes) is 6. The Morgan fingerprint density at radius 1 is 0.614 bits per heavy atom. The first-order valence-corrected chi connectivity index (χ1v) is 32.1. The maximum Gasteiger partial charge on any atom is 0.524 e. The molecule has 5 fully saturated rings. The Bertz CT molecular complexity index is 2630. The molecule has 2 aromatic rings. The number of nitrogens with two attached hydrogens (primary N) is 1. The van der Waals surface area contributed by atoms with Gasteiger partial charge in [0.2, 0.25) is 17.7 Å². The lowest BCUT2D eigenvalue weighted by Gasteiger charge is -2.16. The summed E-state index contributed by atoms with van der Waals surface area (Å²) in [5.74, 6) is -0.627. The lowest BCUT2D eigenvalue weighted by Crippen LogP contribution is -2.36. The maximum atomic E-state index is 13.2. The number of rotatable bonds is 30. The molecule has 7 rings (SSSR count). The van der Waals surface area contributed by atoms with Crippen molar-refractivity contribution in [3.63, 3.8) is 0 Å². The topological polar surface area (TPSA) is 393 Å². The average Bonchev–Trinajstić information content (AvgIpc) is 4.11. The molecular weight excluding hydrogens is 1170 g/mol. The number of halogens is 2. The Morgan fingerprint density at radius 3 is 1.49 bits per heavy atom. The number of hydrogen-bond donors (Lipinski definition) is 12. The number of alkyl halides is 2. The zero-order valence-corrected chi connectivity index (χ0v) is 48.4. The Kier molecular flexibility index (Phi) is 29.5. The van der Waals surface area contributed by atoms with Gasteiger partial charge in [0, 0.05) is 89.6 Å². The zero-order valence-electron chi connectivity index (χ0n) is 45.0. The van der Waals surface area contributed by atoms with Gasteiger partial charge >= 0.3 is 33.7 Å². The Morgan fingerprint density at radius 2 is 1.05 bits per heavy atom. The summed E-state index contributed by atoms with van der Waals surface area (Å²) in [6.45, 7) is -0.859. The summed E-state index contributed by atoms with van der Waals surface area (Å²) in [4.78, 5) is 133. The van der Waals surface area contributed by atoms with Crippen LogP contribution in [-0.2, 0) is 56.1 Å². The average molecular weight is 1250 g/mol. The number of hydroxylamine groups is 2. The molecule has 2 aromatic carbocycles. The van der Waals surface area contributed by atoms with E-state index in [-0.39, 0.29) is 110 Å². The van der Waals surface area contributed by atoms with E-state index in [2.05, 4.69) is 46.3 Å². The largest absolute Gasteiger partial charge is 0.524 e. The van der Waals surface area contributed by atoms with Crippen molar-refractivity contribution in [2.75, 3.05) is 35.2 Å². The number of nitrogens with zero attached hydrogens (tertiary/aromatic N) is 1. The summed E-state index contributed by atoms with van der Waals surface area (Å²) in [6.07, 6.45) is 11.0. The number of benzene rings is 2. The van der Waals surface area contributed by atoms with Gasteiger partial charge in [-0.2, -0.15) is 23.5 Å². The minimum atomic E-state index is -4.81. The van der Waals surface area contributed by atoms with E-state index in [0.29, 0.717) is 72.1 Å². The van der Waals surface area contributed by atoms with Crippen LogP contribution >= 0.6 is 39.2 Å². The first kappa shape index (κ1) is 69.9. The molecule has 32 heteroatoms. The van der Waals surface area contributed by atoms with E-state index in [1.807, 2.05) is 23.5 Å². The highest BCUT2D eigenvalue weighted by molar-refractivity contribution is 8.00. The van der Waals surface area contributed by atoms with Crippen LogP contribution in [0.2, 0.25) is 0 Å². The lowest BCUT2D eigenvalue weighted by atomic mass is 10.0. The van der Waals surface area contributed by atoms with Crippen LogP contribution in [0.1, 0.15) is 134 Å². The predicted octanol–water partition coefficient (Wildman–Crippen LogP) is 6.01. The van der Waals surface area contributed by atoms with E-state index < -0.39 is 46.8 Å². The molecule has 464 valence electrons. The number of thioether (sulfide) groups is 2. The fraction of sp³-hybridized carbons (Fsp3) is 0.608. The van der Waals surface area contributed by atoms with Gasteiger partial charge in [0.1, 0.15) is 24.8 Å². The molecule has 5 heterocycles. The second-order valence-electron chi connectivity index (χ2n) is 19.7. The van der Waals surface area contributed by atoms with Crippen molar-refractivity contribution >= 4 is 98.1 Å². The van der Waals surface area contributed by atoms with Crippen molar-refractivity contribution in [3.8, 4) is 11.5 Å². The van der Waals surface area contributed by atoms with E-state index in [1.54, 1.807) is 0 Å². The number of amides is 9. The van der Waals surface area contributed by atoms with Crippen LogP contribution in [-0.4, -0.2) is 131 Å². The van der Waals surface area contributed by atoms with Crippen LogP contribution in [0.3, 0.4) is 0 Å². The first-order valence-electron chi connectivity index (χ1n) is 26.9. The van der Waals surface area contributed by atoms with Crippen molar-refractivity contribution in [3.05, 3.63) is 47.5 Å². The standard InChI is InChI=1S/C23H34FN4O7PS.C14H19N3O5S.C13H20FN2O5P.CH4/c24-13-15-12-16(9-10-18(15)35-36(32,33)34)26-21(30)8-2-1-5-11-25-20(29)7-4-3-6-19-22-17(14-37-19)27-23(31)28-22;18-10-5-6-11(19)17(10)22-12(20)4-2-1-3-9-13-8(7-23-9)15-14(21)16-13;14-9-10-8-11(5-6-12(10)21-22(18,19)20)16-13(17)4-2-1-3-7-15;/h9-10,12,17,19,22H,1-8,11,13-14H2,(H,25,29)(H,26,30)(H2,27,28,31)(H2,32,33,34);8-9,13H,1-7H2,(H2,15,16,21);5-6,8H,1-4,7,9,15H2,(H,16,17)(H2,18,19,20);1H4. The SMILES string of the molecule is C.NCCCCCC(=O)Nc1ccc(OP(=O)(O)O)c(CF)c1.O=C(CCCCC1SCC2NC(=O)NC21)NCCCCCC(=O)Nc1ccc(OP(=O)(O)O)c(CF)c1.O=C1NC2CSC(CCCCC(=O)ON3C(=O)CCC3=O)C2N1. The summed E-state index contributed by atoms with van der Waals surface area (Å²) in [7, 11) is -9.57. The van der Waals surface area contributed by atoms with Crippen molar-refractivity contribution in [2.45, 2.75) is 171 Å². The van der Waals surface area contributed by atoms with Gasteiger partial charge in [-0.3, -0.25) is 43.5 Å². The van der Waals surface area contributed by atoms with Gasteiger partial charge in [-0.25, -0.2) is 32.3 Å². The van der Waals surface area contributed by atoms with Crippen LogP contribution in [0.4, 0.5) is 29.7 Å². The number of imide groups is 1. The Labute approximate surface area is 488 Å². The molecule has 5 aliphatic rings. The number of nitrogens with one attached hydrogen (secondary N) is 7. The molecule has 0 radical (unpaired) electrons. The summed E-state index contributed by atoms with van der Waals surface area (Å²) in [5, 5.41) is 21.2. The fourth-order valence-corrected chi connectivity index (χ4v) is 13.2. The van der Waals surface area contributed by atoms with Crippen molar-refractivity contribution in [1.82, 2.24) is 31.6 Å². The fourth-order valence-electron chi connectivity index (χ4n) is 9.25. The molecule has 0 spiro atoms. The molecule has 13 N–H and O–H groups in total. The number of carbonyl (C=O) groups excluding carboxylic acids is 8.